The molecular weight excluding hydrogens is 508 g/mol. The number of aryl methyl sites for hydroxylation is 1. The van der Waals surface area contributed by atoms with E-state index in [1.54, 1.807) is 0 Å². The molecular formula is C20H18N2O9S3. The van der Waals surface area contributed by atoms with E-state index < -0.39 is 50.8 Å². The standard InChI is InChI=1S/C20H18N2O9S3/c1-11-6-14(8-15(7-11)32(23,24)25)20(12-2-4-16(21)18(9-12)33(26,27)28)13-3-5-17(22)19(10-13)34(29,30)31/h2-10,21H,22H2,1H3,(H,23,24,25)(H,26,27,28)(H,29,30,31)/b20-12-,21-16?. The van der Waals surface area contributed by atoms with Crippen LogP contribution in [-0.2, 0) is 30.4 Å². The Kier molecular flexibility index (Phi) is 6.43. The largest absolute Gasteiger partial charge is 0.398 e. The fraction of sp³-hybridized carbons (Fsp3) is 0.0500. The summed E-state index contributed by atoms with van der Waals surface area (Å²) in [6.07, 6.45) is 3.32. The fourth-order valence-corrected chi connectivity index (χ4v) is 5.22. The molecule has 0 amide bonds. The second kappa shape index (κ2) is 8.57. The van der Waals surface area contributed by atoms with Crippen molar-refractivity contribution in [1.29, 1.82) is 5.41 Å². The molecule has 0 aromatic heterocycles. The Bertz CT molecular complexity index is 1650. The van der Waals surface area contributed by atoms with Gasteiger partial charge in [0.25, 0.3) is 30.4 Å². The Morgan fingerprint density at radius 3 is 2.03 bits per heavy atom. The molecule has 0 radical (unpaired) electrons. The van der Waals surface area contributed by atoms with E-state index in [4.69, 9.17) is 11.1 Å². The Morgan fingerprint density at radius 1 is 0.824 bits per heavy atom. The van der Waals surface area contributed by atoms with Crippen molar-refractivity contribution in [1.82, 2.24) is 0 Å². The minimum absolute atomic E-state index is 0.0431. The van der Waals surface area contributed by atoms with Crippen LogP contribution in [0.5, 0.6) is 0 Å². The molecule has 3 rings (SSSR count). The molecule has 6 N–H and O–H groups in total. The molecule has 0 saturated carbocycles. The summed E-state index contributed by atoms with van der Waals surface area (Å²) in [7, 11) is -14.3. The molecule has 0 aliphatic heterocycles. The lowest BCUT2D eigenvalue weighted by Gasteiger charge is -2.18. The van der Waals surface area contributed by atoms with Crippen LogP contribution in [-0.4, -0.2) is 44.6 Å². The van der Waals surface area contributed by atoms with Crippen molar-refractivity contribution < 1.29 is 38.9 Å². The zero-order valence-corrected chi connectivity index (χ0v) is 19.7. The molecule has 11 nitrogen and oxygen atoms in total. The van der Waals surface area contributed by atoms with Gasteiger partial charge in [0.1, 0.15) is 9.80 Å². The third-order valence-electron chi connectivity index (χ3n) is 4.77. The quantitative estimate of drug-likeness (QED) is 0.283. The summed E-state index contributed by atoms with van der Waals surface area (Å²) in [5.74, 6) is 0. The predicted octanol–water partition coefficient (Wildman–Crippen LogP) is 2.23. The van der Waals surface area contributed by atoms with E-state index in [0.717, 1.165) is 24.3 Å². The molecule has 0 saturated heterocycles. The van der Waals surface area contributed by atoms with Crippen molar-refractivity contribution in [3.05, 3.63) is 81.8 Å². The van der Waals surface area contributed by atoms with Gasteiger partial charge in [0.2, 0.25) is 0 Å². The lowest BCUT2D eigenvalue weighted by Crippen LogP contribution is -2.13. The smallest absolute Gasteiger partial charge is 0.296 e. The molecule has 0 spiro atoms. The summed E-state index contributed by atoms with van der Waals surface area (Å²) in [4.78, 5) is -1.90. The van der Waals surface area contributed by atoms with Gasteiger partial charge in [-0.2, -0.15) is 25.3 Å². The Labute approximate surface area is 195 Å². The maximum atomic E-state index is 11.8. The summed E-state index contributed by atoms with van der Waals surface area (Å²) in [5, 5.41) is 7.78. The second-order valence-electron chi connectivity index (χ2n) is 7.30. The number of hydrogen-bond acceptors (Lipinski definition) is 8. The number of benzene rings is 2. The highest BCUT2D eigenvalue weighted by molar-refractivity contribution is 7.91. The first kappa shape index (κ1) is 25.5. The van der Waals surface area contributed by atoms with Gasteiger partial charge in [-0.3, -0.25) is 19.1 Å². The normalized spacial score (nSPS) is 16.4. The van der Waals surface area contributed by atoms with Crippen LogP contribution in [0, 0.1) is 12.3 Å². The molecule has 0 fully saturated rings. The third kappa shape index (κ3) is 5.32. The monoisotopic (exact) mass is 526 g/mol. The first-order chi connectivity index (χ1) is 15.5. The van der Waals surface area contributed by atoms with Gasteiger partial charge in [-0.15, -0.1) is 0 Å². The molecule has 0 atom stereocenters. The van der Waals surface area contributed by atoms with Crippen LogP contribution in [0.15, 0.2) is 74.9 Å². The first-order valence-corrected chi connectivity index (χ1v) is 13.5. The average Bonchev–Trinajstić information content (AvgIpc) is 2.68. The highest BCUT2D eigenvalue weighted by Crippen LogP contribution is 2.35. The summed E-state index contributed by atoms with van der Waals surface area (Å²) in [6.45, 7) is 1.53. The molecule has 14 heteroatoms. The number of nitrogens with one attached hydrogen (secondary N) is 1. The number of rotatable bonds is 5. The van der Waals surface area contributed by atoms with Gasteiger partial charge in [0, 0.05) is 0 Å². The maximum Gasteiger partial charge on any atom is 0.296 e. The minimum atomic E-state index is -4.82. The number of allylic oxidation sites excluding steroid dienone is 5. The zero-order valence-electron chi connectivity index (χ0n) is 17.3. The molecule has 0 heterocycles. The SMILES string of the molecule is Cc1cc(/C(=C2/C=CC(=N)C(S(=O)(=O)O)=C2)c2ccc(N)c(S(=O)(=O)O)c2)cc(S(=O)(=O)O)c1. The van der Waals surface area contributed by atoms with Crippen LogP contribution >= 0.6 is 0 Å². The molecule has 1 aliphatic rings. The van der Waals surface area contributed by atoms with E-state index >= 15 is 0 Å². The maximum absolute atomic E-state index is 11.8. The first-order valence-electron chi connectivity index (χ1n) is 9.16. The van der Waals surface area contributed by atoms with E-state index in [-0.39, 0.29) is 28.0 Å². The van der Waals surface area contributed by atoms with Crippen LogP contribution in [0.25, 0.3) is 5.57 Å². The summed E-state index contributed by atoms with van der Waals surface area (Å²) in [5.41, 5.74) is 5.50. The van der Waals surface area contributed by atoms with Crippen molar-refractivity contribution in [2.45, 2.75) is 16.7 Å². The van der Waals surface area contributed by atoms with Gasteiger partial charge in [0.05, 0.1) is 16.3 Å². The number of nitrogens with two attached hydrogens (primary N) is 1. The van der Waals surface area contributed by atoms with Crippen LogP contribution in [0.2, 0.25) is 0 Å². The molecule has 2 aromatic carbocycles. The van der Waals surface area contributed by atoms with Crippen molar-refractivity contribution >= 4 is 47.3 Å². The van der Waals surface area contributed by atoms with Gasteiger partial charge in [-0.25, -0.2) is 0 Å². The van der Waals surface area contributed by atoms with Crippen molar-refractivity contribution in [3.63, 3.8) is 0 Å². The molecule has 2 aromatic rings. The van der Waals surface area contributed by atoms with Crippen molar-refractivity contribution in [2.24, 2.45) is 0 Å². The Hall–Kier alpha value is -3.14. The van der Waals surface area contributed by atoms with E-state index in [9.17, 15) is 38.9 Å². The number of anilines is 1. The third-order valence-corrected chi connectivity index (χ3v) is 7.40. The Balaban J connectivity index is 2.49. The van der Waals surface area contributed by atoms with Crippen LogP contribution in [0.1, 0.15) is 16.7 Å². The lowest BCUT2D eigenvalue weighted by molar-refractivity contribution is 0.481. The topological polar surface area (TPSA) is 213 Å². The lowest BCUT2D eigenvalue weighted by atomic mass is 9.90. The van der Waals surface area contributed by atoms with E-state index in [1.165, 1.54) is 37.3 Å². The highest BCUT2D eigenvalue weighted by Gasteiger charge is 2.24. The molecule has 1 aliphatic carbocycles. The second-order valence-corrected chi connectivity index (χ2v) is 11.5. The molecule has 0 unspecified atom stereocenters. The van der Waals surface area contributed by atoms with Gasteiger partial charge < -0.3 is 5.73 Å². The predicted molar refractivity (Wildman–Crippen MR) is 124 cm³/mol. The van der Waals surface area contributed by atoms with Gasteiger partial charge in [-0.1, -0.05) is 18.2 Å². The van der Waals surface area contributed by atoms with E-state index in [0.29, 0.717) is 5.56 Å². The Morgan fingerprint density at radius 2 is 1.47 bits per heavy atom. The van der Waals surface area contributed by atoms with Gasteiger partial charge in [0.15, 0.2) is 0 Å². The molecule has 34 heavy (non-hydrogen) atoms. The van der Waals surface area contributed by atoms with Gasteiger partial charge in [-0.05, 0) is 71.2 Å². The number of nitrogen functional groups attached to an aromatic ring is 1. The minimum Gasteiger partial charge on any atom is -0.398 e. The average molecular weight is 527 g/mol. The number of hydrogen-bond donors (Lipinski definition) is 5. The summed E-state index contributed by atoms with van der Waals surface area (Å²) < 4.78 is 99.2. The zero-order chi connectivity index (χ0) is 25.6. The molecule has 0 bridgehead atoms. The van der Waals surface area contributed by atoms with E-state index in [1.807, 2.05) is 0 Å². The highest BCUT2D eigenvalue weighted by atomic mass is 32.2. The van der Waals surface area contributed by atoms with E-state index in [2.05, 4.69) is 0 Å². The van der Waals surface area contributed by atoms with Crippen LogP contribution < -0.4 is 5.73 Å². The van der Waals surface area contributed by atoms with Gasteiger partial charge >= 0.3 is 0 Å². The van der Waals surface area contributed by atoms with Crippen LogP contribution in [0.3, 0.4) is 0 Å². The van der Waals surface area contributed by atoms with Crippen molar-refractivity contribution in [2.75, 3.05) is 5.73 Å². The van der Waals surface area contributed by atoms with Crippen LogP contribution in [0.4, 0.5) is 5.69 Å². The van der Waals surface area contributed by atoms with Crippen molar-refractivity contribution in [3.8, 4) is 0 Å². The summed E-state index contributed by atoms with van der Waals surface area (Å²) in [6, 6.07) is 7.24. The fourth-order valence-electron chi connectivity index (χ4n) is 3.35. The summed E-state index contributed by atoms with van der Waals surface area (Å²) >= 11 is 0. The molecule has 180 valence electrons.